The lowest BCUT2D eigenvalue weighted by Gasteiger charge is -2.13. The number of rotatable bonds is 6. The number of carbonyl (C=O) groups is 2. The van der Waals surface area contributed by atoms with E-state index in [1.54, 1.807) is 24.3 Å². The van der Waals surface area contributed by atoms with Crippen LogP contribution >= 0.6 is 0 Å². The molecule has 5 heteroatoms. The third-order valence-electron chi connectivity index (χ3n) is 2.56. The maximum Gasteiger partial charge on any atom is 0.341 e. The molecule has 0 radical (unpaired) electrons. The van der Waals surface area contributed by atoms with Crippen molar-refractivity contribution in [3.8, 4) is 5.75 Å². The van der Waals surface area contributed by atoms with Gasteiger partial charge in [0.2, 0.25) is 5.91 Å². The molecule has 0 bridgehead atoms. The topological polar surface area (TPSA) is 75.6 Å². The van der Waals surface area contributed by atoms with Crippen LogP contribution in [-0.4, -0.2) is 23.6 Å². The number of hydrogen-bond donors (Lipinski definition) is 2. The summed E-state index contributed by atoms with van der Waals surface area (Å²) in [6.07, 6.45) is 0.740. The standard InChI is InChI=1S/C13H17NO4/c1-3-9(2)13(17)14-10-6-4-5-7-11(10)18-8-12(15)16/h4-7,9H,3,8H2,1-2H3,(H,14,17)(H,15,16). The van der Waals surface area contributed by atoms with Crippen molar-refractivity contribution in [1.82, 2.24) is 0 Å². The number of hydrogen-bond acceptors (Lipinski definition) is 3. The van der Waals surface area contributed by atoms with Crippen molar-refractivity contribution in [2.24, 2.45) is 5.92 Å². The van der Waals surface area contributed by atoms with Crippen LogP contribution in [-0.2, 0) is 9.59 Å². The van der Waals surface area contributed by atoms with E-state index in [9.17, 15) is 9.59 Å². The highest BCUT2D eigenvalue weighted by Gasteiger charge is 2.13. The number of carbonyl (C=O) groups excluding carboxylic acids is 1. The van der Waals surface area contributed by atoms with Gasteiger partial charge in [-0.2, -0.15) is 0 Å². The fourth-order valence-electron chi connectivity index (χ4n) is 1.28. The number of para-hydroxylation sites is 2. The van der Waals surface area contributed by atoms with Gasteiger partial charge in [0.25, 0.3) is 0 Å². The first-order valence-corrected chi connectivity index (χ1v) is 5.79. The molecule has 0 fully saturated rings. The summed E-state index contributed by atoms with van der Waals surface area (Å²) >= 11 is 0. The van der Waals surface area contributed by atoms with Crippen molar-refractivity contribution in [2.75, 3.05) is 11.9 Å². The molecule has 0 saturated heterocycles. The molecule has 1 atom stereocenters. The van der Waals surface area contributed by atoms with Crippen LogP contribution < -0.4 is 10.1 Å². The molecule has 1 aromatic rings. The van der Waals surface area contributed by atoms with Crippen LogP contribution in [0.25, 0.3) is 0 Å². The Morgan fingerprint density at radius 3 is 2.67 bits per heavy atom. The molecule has 1 rings (SSSR count). The molecule has 1 unspecified atom stereocenters. The number of ether oxygens (including phenoxy) is 1. The van der Waals surface area contributed by atoms with Gasteiger partial charge in [-0.15, -0.1) is 0 Å². The Morgan fingerprint density at radius 1 is 1.39 bits per heavy atom. The molecule has 0 aliphatic rings. The first-order valence-electron chi connectivity index (χ1n) is 5.79. The first kappa shape index (κ1) is 14.0. The van der Waals surface area contributed by atoms with E-state index >= 15 is 0 Å². The van der Waals surface area contributed by atoms with E-state index in [2.05, 4.69) is 5.32 Å². The average molecular weight is 251 g/mol. The molecular weight excluding hydrogens is 234 g/mol. The SMILES string of the molecule is CCC(C)C(=O)Nc1ccccc1OCC(=O)O. The third kappa shape index (κ3) is 4.08. The molecule has 1 aromatic carbocycles. The summed E-state index contributed by atoms with van der Waals surface area (Å²) in [4.78, 5) is 22.2. The lowest BCUT2D eigenvalue weighted by Crippen LogP contribution is -2.20. The van der Waals surface area contributed by atoms with Crippen molar-refractivity contribution in [3.05, 3.63) is 24.3 Å². The number of benzene rings is 1. The van der Waals surface area contributed by atoms with E-state index in [1.165, 1.54) is 0 Å². The van der Waals surface area contributed by atoms with Gasteiger partial charge < -0.3 is 15.2 Å². The van der Waals surface area contributed by atoms with Crippen LogP contribution in [0.4, 0.5) is 5.69 Å². The number of carboxylic acids is 1. The van der Waals surface area contributed by atoms with Crippen LogP contribution in [0.15, 0.2) is 24.3 Å². The fourth-order valence-corrected chi connectivity index (χ4v) is 1.28. The van der Waals surface area contributed by atoms with E-state index in [0.717, 1.165) is 6.42 Å². The Hall–Kier alpha value is -2.04. The zero-order chi connectivity index (χ0) is 13.5. The molecule has 0 aromatic heterocycles. The molecule has 0 heterocycles. The van der Waals surface area contributed by atoms with Crippen LogP contribution in [0.3, 0.4) is 0 Å². The summed E-state index contributed by atoms with van der Waals surface area (Å²) in [6, 6.07) is 6.77. The second-order valence-electron chi connectivity index (χ2n) is 3.98. The molecule has 2 N–H and O–H groups in total. The Kier molecular flexibility index (Phi) is 5.17. The summed E-state index contributed by atoms with van der Waals surface area (Å²) < 4.78 is 5.10. The van der Waals surface area contributed by atoms with Crippen LogP contribution in [0.5, 0.6) is 5.75 Å². The van der Waals surface area contributed by atoms with Crippen LogP contribution in [0, 0.1) is 5.92 Å². The monoisotopic (exact) mass is 251 g/mol. The predicted octanol–water partition coefficient (Wildman–Crippen LogP) is 2.13. The van der Waals surface area contributed by atoms with Gasteiger partial charge in [-0.1, -0.05) is 26.0 Å². The lowest BCUT2D eigenvalue weighted by molar-refractivity contribution is -0.139. The predicted molar refractivity (Wildman–Crippen MR) is 67.7 cm³/mol. The molecule has 18 heavy (non-hydrogen) atoms. The minimum absolute atomic E-state index is 0.0995. The normalized spacial score (nSPS) is 11.7. The Balaban J connectivity index is 2.75. The highest BCUT2D eigenvalue weighted by Crippen LogP contribution is 2.24. The van der Waals surface area contributed by atoms with Crippen molar-refractivity contribution < 1.29 is 19.4 Å². The Morgan fingerprint density at radius 2 is 2.06 bits per heavy atom. The molecule has 5 nitrogen and oxygen atoms in total. The van der Waals surface area contributed by atoms with Crippen molar-refractivity contribution >= 4 is 17.6 Å². The Bertz CT molecular complexity index is 431. The number of amides is 1. The average Bonchev–Trinajstić information content (AvgIpc) is 2.36. The number of aliphatic carboxylic acids is 1. The van der Waals surface area contributed by atoms with E-state index in [1.807, 2.05) is 13.8 Å². The quantitative estimate of drug-likeness (QED) is 0.812. The summed E-state index contributed by atoms with van der Waals surface area (Å²) in [6.45, 7) is 3.32. The van der Waals surface area contributed by atoms with E-state index in [0.29, 0.717) is 11.4 Å². The summed E-state index contributed by atoms with van der Waals surface area (Å²) in [5, 5.41) is 11.3. The highest BCUT2D eigenvalue weighted by atomic mass is 16.5. The molecule has 0 aliphatic carbocycles. The zero-order valence-electron chi connectivity index (χ0n) is 10.5. The number of carboxylic acid groups (broad SMARTS) is 1. The molecular formula is C13H17NO4. The van der Waals surface area contributed by atoms with Gasteiger partial charge in [0.15, 0.2) is 6.61 Å². The molecule has 0 spiro atoms. The second kappa shape index (κ2) is 6.64. The summed E-state index contributed by atoms with van der Waals surface area (Å²) in [7, 11) is 0. The number of anilines is 1. The molecule has 98 valence electrons. The van der Waals surface area contributed by atoms with Crippen molar-refractivity contribution in [1.29, 1.82) is 0 Å². The van der Waals surface area contributed by atoms with Gasteiger partial charge in [-0.05, 0) is 18.6 Å². The smallest absolute Gasteiger partial charge is 0.341 e. The molecule has 0 aliphatic heterocycles. The largest absolute Gasteiger partial charge is 0.480 e. The minimum Gasteiger partial charge on any atom is -0.480 e. The highest BCUT2D eigenvalue weighted by molar-refractivity contribution is 5.93. The number of nitrogens with one attached hydrogen (secondary N) is 1. The van der Waals surface area contributed by atoms with Gasteiger partial charge in [-0.3, -0.25) is 4.79 Å². The fraction of sp³-hybridized carbons (Fsp3) is 0.385. The maximum atomic E-state index is 11.8. The first-order chi connectivity index (χ1) is 8.54. The van der Waals surface area contributed by atoms with Crippen molar-refractivity contribution in [3.63, 3.8) is 0 Å². The van der Waals surface area contributed by atoms with Gasteiger partial charge >= 0.3 is 5.97 Å². The van der Waals surface area contributed by atoms with Crippen LogP contribution in [0.1, 0.15) is 20.3 Å². The van der Waals surface area contributed by atoms with Gasteiger partial charge in [0.1, 0.15) is 5.75 Å². The van der Waals surface area contributed by atoms with Crippen molar-refractivity contribution in [2.45, 2.75) is 20.3 Å². The van der Waals surface area contributed by atoms with Gasteiger partial charge in [-0.25, -0.2) is 4.79 Å². The lowest BCUT2D eigenvalue weighted by atomic mass is 10.1. The van der Waals surface area contributed by atoms with Gasteiger partial charge in [0.05, 0.1) is 5.69 Å². The Labute approximate surface area is 106 Å². The van der Waals surface area contributed by atoms with E-state index < -0.39 is 12.6 Å². The second-order valence-corrected chi connectivity index (χ2v) is 3.98. The zero-order valence-corrected chi connectivity index (χ0v) is 10.5. The van der Waals surface area contributed by atoms with E-state index in [-0.39, 0.29) is 11.8 Å². The summed E-state index contributed by atoms with van der Waals surface area (Å²) in [5.41, 5.74) is 0.490. The third-order valence-corrected chi connectivity index (χ3v) is 2.56. The maximum absolute atomic E-state index is 11.8. The summed E-state index contributed by atoms with van der Waals surface area (Å²) in [5.74, 6) is -0.906. The molecule has 0 saturated carbocycles. The molecule has 1 amide bonds. The van der Waals surface area contributed by atoms with E-state index in [4.69, 9.17) is 9.84 Å². The minimum atomic E-state index is -1.06. The van der Waals surface area contributed by atoms with Gasteiger partial charge in [0, 0.05) is 5.92 Å². The van der Waals surface area contributed by atoms with Crippen LogP contribution in [0.2, 0.25) is 0 Å².